The molecular weight excluding hydrogens is 491 g/mol. The Labute approximate surface area is 223 Å². The molecule has 2 aliphatic heterocycles. The average Bonchev–Trinajstić information content (AvgIpc) is 2.90. The van der Waals surface area contributed by atoms with Crippen LogP contribution in [0.4, 0.5) is 13.2 Å². The number of esters is 1. The lowest BCUT2D eigenvalue weighted by molar-refractivity contribution is -0.150. The Morgan fingerprint density at radius 1 is 1.03 bits per heavy atom. The fraction of sp³-hybridized carbons (Fsp3) is 0.645. The average molecular weight is 532 g/mol. The van der Waals surface area contributed by atoms with Crippen molar-refractivity contribution < 1.29 is 27.4 Å². The van der Waals surface area contributed by atoms with Crippen molar-refractivity contribution >= 4 is 16.7 Å². The number of hydrogen-bond acceptors (Lipinski definition) is 4. The van der Waals surface area contributed by atoms with Gasteiger partial charge in [0.15, 0.2) is 0 Å². The second kappa shape index (κ2) is 11.1. The molecule has 3 unspecified atom stereocenters. The van der Waals surface area contributed by atoms with Crippen molar-refractivity contribution in [2.45, 2.75) is 108 Å². The van der Waals surface area contributed by atoms with E-state index in [2.05, 4.69) is 18.7 Å². The maximum Gasteiger partial charge on any atom is 0.420 e. The minimum absolute atomic E-state index is 0.0484. The summed E-state index contributed by atoms with van der Waals surface area (Å²) in [6, 6.07) is 9.28. The van der Waals surface area contributed by atoms with Gasteiger partial charge >= 0.3 is 12.1 Å². The summed E-state index contributed by atoms with van der Waals surface area (Å²) >= 11 is 0. The third-order valence-electron chi connectivity index (χ3n) is 9.45. The lowest BCUT2D eigenvalue weighted by Gasteiger charge is -2.51. The number of benzene rings is 2. The van der Waals surface area contributed by atoms with E-state index >= 15 is 0 Å². The van der Waals surface area contributed by atoms with Crippen molar-refractivity contribution in [1.82, 2.24) is 4.90 Å². The molecule has 0 radical (unpaired) electrons. The maximum atomic E-state index is 14.4. The normalized spacial score (nSPS) is 29.2. The van der Waals surface area contributed by atoms with Gasteiger partial charge in [-0.2, -0.15) is 13.2 Å². The van der Waals surface area contributed by atoms with Crippen LogP contribution in [0.25, 0.3) is 10.8 Å². The third kappa shape index (κ3) is 5.41. The van der Waals surface area contributed by atoms with E-state index < -0.39 is 11.7 Å². The maximum absolute atomic E-state index is 14.4. The number of piperidine rings is 2. The van der Waals surface area contributed by atoms with E-state index in [-0.39, 0.29) is 47.3 Å². The molecule has 0 amide bonds. The second-order valence-electron chi connectivity index (χ2n) is 11.6. The molecular formula is C31H40F3NO3. The molecule has 1 saturated carbocycles. The molecule has 2 saturated heterocycles. The molecule has 4 nitrogen and oxygen atoms in total. The zero-order chi connectivity index (χ0) is 27.0. The number of carbonyl (C=O) groups is 1. The summed E-state index contributed by atoms with van der Waals surface area (Å²) in [6.45, 7) is 4.31. The summed E-state index contributed by atoms with van der Waals surface area (Å²) in [6.07, 6.45) is 4.83. The predicted molar refractivity (Wildman–Crippen MR) is 142 cm³/mol. The zero-order valence-electron chi connectivity index (χ0n) is 22.7. The van der Waals surface area contributed by atoms with Crippen LogP contribution < -0.4 is 4.74 Å². The van der Waals surface area contributed by atoms with E-state index in [1.807, 2.05) is 12.1 Å². The number of rotatable bonds is 6. The minimum atomic E-state index is -4.50. The number of halogens is 3. The van der Waals surface area contributed by atoms with Crippen LogP contribution in [0.5, 0.6) is 5.75 Å². The van der Waals surface area contributed by atoms with Gasteiger partial charge in [0.1, 0.15) is 11.3 Å². The topological polar surface area (TPSA) is 38.8 Å². The molecule has 5 rings (SSSR count). The number of fused-ring (bicyclic) bond motifs is 3. The summed E-state index contributed by atoms with van der Waals surface area (Å²) in [7, 11) is 1.45. The number of hydrogen-bond donors (Lipinski definition) is 0. The van der Waals surface area contributed by atoms with E-state index in [4.69, 9.17) is 9.47 Å². The Hall–Kier alpha value is -2.28. The van der Waals surface area contributed by atoms with Gasteiger partial charge in [-0.1, -0.05) is 38.0 Å². The molecule has 2 heterocycles. The van der Waals surface area contributed by atoms with Gasteiger partial charge in [0.05, 0.1) is 19.1 Å². The summed E-state index contributed by atoms with van der Waals surface area (Å²) in [5.41, 5.74) is 0.341. The molecule has 2 bridgehead atoms. The molecule has 3 fully saturated rings. The highest BCUT2D eigenvalue weighted by Gasteiger charge is 2.43. The largest absolute Gasteiger partial charge is 0.490 e. The molecule has 2 aromatic rings. The predicted octanol–water partition coefficient (Wildman–Crippen LogP) is 8.07. The number of alkyl halides is 3. The molecule has 208 valence electrons. The number of ether oxygens (including phenoxy) is 2. The van der Waals surface area contributed by atoms with Crippen LogP contribution in [0.1, 0.15) is 95.2 Å². The Kier molecular flexibility index (Phi) is 7.95. The fourth-order valence-corrected chi connectivity index (χ4v) is 7.40. The standard InChI is InChI=1S/C31H40F3NO3/c1-4-20-8-12-26(13-9-20)38-28-15-11-22-16-21(10-14-27(22)29(28)31(32,33)34)19(2)35-24-6-5-7-25(35)18-23(17-24)30(36)37-3/h10-11,14-16,19-20,23-26H,4-9,12-13,17-18H2,1-3H3/t19?,20-,23?,24?,25?,26+. The second-order valence-corrected chi connectivity index (χ2v) is 11.6. The first-order valence-corrected chi connectivity index (χ1v) is 14.3. The van der Waals surface area contributed by atoms with E-state index in [0.29, 0.717) is 11.3 Å². The van der Waals surface area contributed by atoms with Crippen LogP contribution in [0, 0.1) is 11.8 Å². The van der Waals surface area contributed by atoms with Crippen molar-refractivity contribution in [3.63, 3.8) is 0 Å². The summed E-state index contributed by atoms with van der Waals surface area (Å²) in [5.74, 6) is 0.404. The molecule has 1 aliphatic carbocycles. The Bertz CT molecular complexity index is 1130. The van der Waals surface area contributed by atoms with Gasteiger partial charge in [-0.15, -0.1) is 0 Å². The number of nitrogens with zero attached hydrogens (tertiary/aromatic N) is 1. The van der Waals surface area contributed by atoms with Crippen molar-refractivity contribution in [3.8, 4) is 5.75 Å². The number of carbonyl (C=O) groups excluding carboxylic acids is 1. The van der Waals surface area contributed by atoms with Gasteiger partial charge in [0.25, 0.3) is 0 Å². The van der Waals surface area contributed by atoms with Crippen LogP contribution >= 0.6 is 0 Å². The van der Waals surface area contributed by atoms with Crippen LogP contribution in [-0.4, -0.2) is 36.2 Å². The lowest BCUT2D eigenvalue weighted by atomic mass is 9.77. The van der Waals surface area contributed by atoms with E-state index in [1.54, 1.807) is 12.1 Å². The van der Waals surface area contributed by atoms with E-state index in [1.165, 1.54) is 13.2 Å². The van der Waals surface area contributed by atoms with Crippen LogP contribution in [0.15, 0.2) is 30.3 Å². The first-order chi connectivity index (χ1) is 18.2. The first kappa shape index (κ1) is 27.3. The highest BCUT2D eigenvalue weighted by atomic mass is 19.4. The van der Waals surface area contributed by atoms with Crippen LogP contribution in [0.2, 0.25) is 0 Å². The minimum Gasteiger partial charge on any atom is -0.490 e. The monoisotopic (exact) mass is 531 g/mol. The van der Waals surface area contributed by atoms with Crippen LogP contribution in [0.3, 0.4) is 0 Å². The molecule has 38 heavy (non-hydrogen) atoms. The smallest absolute Gasteiger partial charge is 0.420 e. The summed E-state index contributed by atoms with van der Waals surface area (Å²) in [4.78, 5) is 14.7. The first-order valence-electron chi connectivity index (χ1n) is 14.3. The van der Waals surface area contributed by atoms with E-state index in [9.17, 15) is 18.0 Å². The van der Waals surface area contributed by atoms with Gasteiger partial charge in [0, 0.05) is 18.1 Å². The molecule has 3 aliphatic rings. The Morgan fingerprint density at radius 2 is 1.71 bits per heavy atom. The Morgan fingerprint density at radius 3 is 2.32 bits per heavy atom. The van der Waals surface area contributed by atoms with Crippen LogP contribution in [-0.2, 0) is 15.7 Å². The molecule has 0 aromatic heterocycles. The van der Waals surface area contributed by atoms with Gasteiger partial charge in [-0.25, -0.2) is 0 Å². The van der Waals surface area contributed by atoms with Crippen molar-refractivity contribution in [3.05, 3.63) is 41.5 Å². The Balaban J connectivity index is 1.41. The fourth-order valence-electron chi connectivity index (χ4n) is 7.40. The molecule has 0 spiro atoms. The highest BCUT2D eigenvalue weighted by molar-refractivity contribution is 5.89. The van der Waals surface area contributed by atoms with Gasteiger partial charge in [-0.3, -0.25) is 9.69 Å². The van der Waals surface area contributed by atoms with Gasteiger partial charge < -0.3 is 9.47 Å². The van der Waals surface area contributed by atoms with Crippen molar-refractivity contribution in [1.29, 1.82) is 0 Å². The quantitative estimate of drug-likeness (QED) is 0.353. The molecule has 3 atom stereocenters. The van der Waals surface area contributed by atoms with Crippen molar-refractivity contribution in [2.75, 3.05) is 7.11 Å². The summed E-state index contributed by atoms with van der Waals surface area (Å²) < 4.78 is 54.1. The zero-order valence-corrected chi connectivity index (χ0v) is 22.7. The van der Waals surface area contributed by atoms with Gasteiger partial charge in [0.2, 0.25) is 0 Å². The molecule has 0 N–H and O–H groups in total. The van der Waals surface area contributed by atoms with E-state index in [0.717, 1.165) is 69.8 Å². The molecule has 2 aromatic carbocycles. The highest BCUT2D eigenvalue weighted by Crippen LogP contribution is 2.45. The summed E-state index contributed by atoms with van der Waals surface area (Å²) in [5, 5.41) is 0.774. The molecule has 7 heteroatoms. The van der Waals surface area contributed by atoms with Crippen molar-refractivity contribution in [2.24, 2.45) is 11.8 Å². The number of methoxy groups -OCH3 is 1. The third-order valence-corrected chi connectivity index (χ3v) is 9.45. The lowest BCUT2D eigenvalue weighted by Crippen LogP contribution is -2.54. The van der Waals surface area contributed by atoms with Gasteiger partial charge in [-0.05, 0) is 92.7 Å². The SMILES string of the molecule is CC[C@H]1CC[C@@H](Oc2ccc3cc(C(C)N4C5CCCC4CC(C(=O)OC)C5)ccc3c2C(F)(F)F)CC1.